The van der Waals surface area contributed by atoms with E-state index >= 15 is 0 Å². The van der Waals surface area contributed by atoms with Gasteiger partial charge >= 0.3 is 0 Å². The van der Waals surface area contributed by atoms with Crippen LogP contribution in [0.3, 0.4) is 0 Å². The van der Waals surface area contributed by atoms with Crippen molar-refractivity contribution in [3.63, 3.8) is 0 Å². The van der Waals surface area contributed by atoms with Crippen LogP contribution in [0.4, 0.5) is 5.95 Å². The molecular formula is C18H16N4O2. The molecule has 0 spiro atoms. The largest absolute Gasteiger partial charge is 0.352 e. The van der Waals surface area contributed by atoms with E-state index in [9.17, 15) is 9.59 Å². The number of anilines is 1. The molecular weight excluding hydrogens is 304 g/mol. The fourth-order valence-electron chi connectivity index (χ4n) is 3.01. The van der Waals surface area contributed by atoms with Crippen LogP contribution >= 0.6 is 0 Å². The maximum absolute atomic E-state index is 12.4. The number of nitrogens with one attached hydrogen (secondary N) is 2. The number of fused-ring (bicyclic) bond motifs is 3. The van der Waals surface area contributed by atoms with Crippen molar-refractivity contribution < 1.29 is 4.79 Å². The van der Waals surface area contributed by atoms with Gasteiger partial charge in [-0.25, -0.2) is 4.98 Å². The number of Topliss-reactive ketones (excluding diaryl/α,β-unsaturated/α-hetero) is 1. The Morgan fingerprint density at radius 2 is 1.96 bits per heavy atom. The van der Waals surface area contributed by atoms with Gasteiger partial charge < -0.3 is 5.32 Å². The average Bonchev–Trinajstić information content (AvgIpc) is 2.95. The molecule has 2 heterocycles. The number of rotatable bonds is 3. The molecule has 0 fully saturated rings. The smallest absolute Gasteiger partial charge is 0.262 e. The van der Waals surface area contributed by atoms with E-state index in [-0.39, 0.29) is 11.3 Å². The quantitative estimate of drug-likeness (QED) is 0.773. The van der Waals surface area contributed by atoms with Crippen LogP contribution in [-0.4, -0.2) is 20.7 Å². The van der Waals surface area contributed by atoms with Crippen molar-refractivity contribution in [3.05, 3.63) is 63.1 Å². The third-order valence-corrected chi connectivity index (χ3v) is 4.33. The number of carbonyl (C=O) groups is 1. The lowest BCUT2D eigenvalue weighted by atomic mass is 10.1. The Labute approximate surface area is 138 Å². The fourth-order valence-corrected chi connectivity index (χ4v) is 3.01. The topological polar surface area (TPSA) is 87.7 Å². The highest BCUT2D eigenvalue weighted by atomic mass is 16.1. The number of benzene rings is 1. The molecule has 0 amide bonds. The summed E-state index contributed by atoms with van der Waals surface area (Å²) in [5.41, 5.74) is 3.72. The lowest BCUT2D eigenvalue weighted by Crippen LogP contribution is -2.15. The van der Waals surface area contributed by atoms with Crippen LogP contribution < -0.4 is 10.9 Å². The van der Waals surface area contributed by atoms with E-state index in [0.29, 0.717) is 41.9 Å². The molecule has 2 N–H and O–H groups in total. The third-order valence-electron chi connectivity index (χ3n) is 4.33. The van der Waals surface area contributed by atoms with Gasteiger partial charge in [-0.2, -0.15) is 4.98 Å². The molecule has 2 aromatic heterocycles. The van der Waals surface area contributed by atoms with E-state index in [1.807, 2.05) is 31.2 Å². The highest BCUT2D eigenvalue weighted by Crippen LogP contribution is 2.25. The van der Waals surface area contributed by atoms with Crippen molar-refractivity contribution in [3.8, 4) is 0 Å². The van der Waals surface area contributed by atoms with Gasteiger partial charge in [0, 0.05) is 24.7 Å². The molecule has 120 valence electrons. The fraction of sp³-hybridized carbons (Fsp3) is 0.222. The van der Waals surface area contributed by atoms with Crippen molar-refractivity contribution >= 4 is 22.8 Å². The second kappa shape index (κ2) is 5.56. The van der Waals surface area contributed by atoms with Gasteiger partial charge in [0.15, 0.2) is 11.4 Å². The van der Waals surface area contributed by atoms with Crippen LogP contribution in [0.5, 0.6) is 0 Å². The normalized spacial score (nSPS) is 13.3. The first kappa shape index (κ1) is 14.6. The molecule has 3 aromatic rings. The maximum atomic E-state index is 12.4. The van der Waals surface area contributed by atoms with E-state index < -0.39 is 0 Å². The Balaban J connectivity index is 1.67. The molecule has 0 radical (unpaired) electrons. The Hall–Kier alpha value is -3.02. The van der Waals surface area contributed by atoms with Gasteiger partial charge in [-0.3, -0.25) is 14.6 Å². The second-order valence-corrected chi connectivity index (χ2v) is 6.03. The number of aromatic amines is 1. The van der Waals surface area contributed by atoms with Crippen molar-refractivity contribution in [1.29, 1.82) is 0 Å². The minimum absolute atomic E-state index is 0.0420. The number of aryl methyl sites for hydroxylation is 2. The molecule has 0 bridgehead atoms. The summed E-state index contributed by atoms with van der Waals surface area (Å²) in [4.78, 5) is 35.5. The summed E-state index contributed by atoms with van der Waals surface area (Å²) in [5, 5.41) is 3.55. The summed E-state index contributed by atoms with van der Waals surface area (Å²) in [5.74, 6) is 0.422. The van der Waals surface area contributed by atoms with Crippen molar-refractivity contribution in [2.45, 2.75) is 26.3 Å². The van der Waals surface area contributed by atoms with Crippen LogP contribution in [-0.2, 0) is 13.0 Å². The number of ketones is 1. The first-order valence-corrected chi connectivity index (χ1v) is 7.86. The van der Waals surface area contributed by atoms with Gasteiger partial charge in [0.05, 0.1) is 5.39 Å². The zero-order chi connectivity index (χ0) is 16.7. The molecule has 0 saturated carbocycles. The van der Waals surface area contributed by atoms with Gasteiger partial charge in [-0.1, -0.05) is 29.8 Å². The number of H-pyrrole nitrogens is 1. The lowest BCUT2D eigenvalue weighted by molar-refractivity contribution is 0.0994. The van der Waals surface area contributed by atoms with Gasteiger partial charge in [0.2, 0.25) is 5.95 Å². The van der Waals surface area contributed by atoms with Crippen molar-refractivity contribution in [2.75, 3.05) is 5.32 Å². The monoisotopic (exact) mass is 320 g/mol. The highest BCUT2D eigenvalue weighted by molar-refractivity contribution is 6.04. The Morgan fingerprint density at radius 1 is 1.17 bits per heavy atom. The number of carbonyl (C=O) groups excluding carboxylic acids is 1. The Kier molecular flexibility index (Phi) is 3.37. The number of hydrogen-bond acceptors (Lipinski definition) is 5. The predicted octanol–water partition coefficient (Wildman–Crippen LogP) is 2.37. The first-order chi connectivity index (χ1) is 11.6. The Bertz CT molecular complexity index is 1010. The minimum Gasteiger partial charge on any atom is -0.352 e. The van der Waals surface area contributed by atoms with Crippen molar-refractivity contribution in [1.82, 2.24) is 15.0 Å². The maximum Gasteiger partial charge on any atom is 0.262 e. The molecule has 1 aliphatic rings. The summed E-state index contributed by atoms with van der Waals surface area (Å²) >= 11 is 0. The molecule has 0 saturated heterocycles. The summed E-state index contributed by atoms with van der Waals surface area (Å²) in [6.45, 7) is 2.59. The number of nitrogens with zero attached hydrogens (tertiary/aromatic N) is 2. The van der Waals surface area contributed by atoms with E-state index in [2.05, 4.69) is 20.3 Å². The first-order valence-electron chi connectivity index (χ1n) is 7.86. The van der Waals surface area contributed by atoms with E-state index in [1.165, 1.54) is 11.8 Å². The highest BCUT2D eigenvalue weighted by Gasteiger charge is 2.24. The molecule has 24 heavy (non-hydrogen) atoms. The van der Waals surface area contributed by atoms with Crippen LogP contribution in [0.1, 0.15) is 33.5 Å². The molecule has 0 aliphatic heterocycles. The number of hydrogen-bond donors (Lipinski definition) is 2. The summed E-state index contributed by atoms with van der Waals surface area (Å²) in [7, 11) is 0. The molecule has 0 unspecified atom stereocenters. The Morgan fingerprint density at radius 3 is 2.75 bits per heavy atom. The summed E-state index contributed by atoms with van der Waals surface area (Å²) in [6, 6.07) is 8.13. The van der Waals surface area contributed by atoms with Crippen LogP contribution in [0, 0.1) is 6.92 Å². The molecule has 6 heteroatoms. The standard InChI is InChI=1S/C18H16N4O2/c1-10-2-4-11(5-3-10)8-20-18-21-16-15(17(24)22-18)12-6-7-14(23)13(12)9-19-16/h2-5,9H,6-8H2,1H3,(H2,19,20,21,22,24). The molecule has 4 rings (SSSR count). The molecule has 0 atom stereocenters. The van der Waals surface area contributed by atoms with E-state index in [1.54, 1.807) is 0 Å². The van der Waals surface area contributed by atoms with Gasteiger partial charge in [-0.05, 0) is 24.5 Å². The zero-order valence-corrected chi connectivity index (χ0v) is 13.2. The second-order valence-electron chi connectivity index (χ2n) is 6.03. The van der Waals surface area contributed by atoms with Gasteiger partial charge in [-0.15, -0.1) is 0 Å². The van der Waals surface area contributed by atoms with Crippen molar-refractivity contribution in [2.24, 2.45) is 0 Å². The summed E-state index contributed by atoms with van der Waals surface area (Å²) < 4.78 is 0. The predicted molar refractivity (Wildman–Crippen MR) is 91.3 cm³/mol. The molecule has 1 aromatic carbocycles. The average molecular weight is 320 g/mol. The SMILES string of the molecule is Cc1ccc(CNc2nc3ncc4c(c3c(=O)[nH]2)CCC4=O)cc1. The van der Waals surface area contributed by atoms with Crippen LogP contribution in [0.15, 0.2) is 35.3 Å². The molecule has 1 aliphatic carbocycles. The van der Waals surface area contributed by atoms with Crippen LogP contribution in [0.2, 0.25) is 0 Å². The minimum atomic E-state index is -0.259. The summed E-state index contributed by atoms with van der Waals surface area (Å²) in [6.07, 6.45) is 2.54. The van der Waals surface area contributed by atoms with E-state index in [4.69, 9.17) is 0 Å². The lowest BCUT2D eigenvalue weighted by Gasteiger charge is -2.08. The zero-order valence-electron chi connectivity index (χ0n) is 13.2. The molecule has 6 nitrogen and oxygen atoms in total. The number of pyridine rings is 1. The van der Waals surface area contributed by atoms with Gasteiger partial charge in [0.25, 0.3) is 5.56 Å². The number of aromatic nitrogens is 3. The third kappa shape index (κ3) is 2.46. The van der Waals surface area contributed by atoms with Crippen LogP contribution in [0.25, 0.3) is 11.0 Å². The van der Waals surface area contributed by atoms with E-state index in [0.717, 1.165) is 11.1 Å². The van der Waals surface area contributed by atoms with Gasteiger partial charge in [0.1, 0.15) is 0 Å².